The van der Waals surface area contributed by atoms with Gasteiger partial charge in [0.05, 0.1) is 18.2 Å². The van der Waals surface area contributed by atoms with Gasteiger partial charge in [-0.1, -0.05) is 17.7 Å². The smallest absolute Gasteiger partial charge is 0.259 e. The molecule has 0 aliphatic carbocycles. The number of likely N-dealkylation sites (tertiary alicyclic amines) is 1. The lowest BCUT2D eigenvalue weighted by Crippen LogP contribution is -2.55. The summed E-state index contributed by atoms with van der Waals surface area (Å²) in [5, 5.41) is 4.31. The zero-order chi connectivity index (χ0) is 38.4. The summed E-state index contributed by atoms with van der Waals surface area (Å²) in [5.74, 6) is -0.0433. The van der Waals surface area contributed by atoms with Crippen molar-refractivity contribution in [3.05, 3.63) is 87.3 Å². The van der Waals surface area contributed by atoms with Crippen molar-refractivity contribution in [3.63, 3.8) is 0 Å². The Morgan fingerprint density at radius 1 is 1.00 bits per heavy atom. The second kappa shape index (κ2) is 15.4. The van der Waals surface area contributed by atoms with Gasteiger partial charge in [0.2, 0.25) is 17.7 Å². The number of pyridine rings is 2. The lowest BCUT2D eigenvalue weighted by atomic mass is 9.90. The molecular formula is C42H46ClFN6O5. The number of piperidine rings is 2. The summed E-state index contributed by atoms with van der Waals surface area (Å²) in [6.45, 7) is 3.33. The number of halogens is 2. The standard InChI is InChI=1S/C42H46ClFN6O5/c1-47-23-33(31-9-12-45-20-32(31)42(47)54)28-18-35(43)34(38(19-28)55-2)24-50-29-5-6-30(50)22-49(21-29)40(52)17-25-10-13-48(14-11-25)37-7-3-26(16-36(37)44)15-27-4-8-39(51)46-41(27)53/h3,7,9,12,16,18-20,23,25,27,29-30H,4-6,8,10-11,13-15,17,21-22,24H2,1-2H3,(H,46,51,53). The average Bonchev–Trinajstić information content (AvgIpc) is 3.39. The predicted molar refractivity (Wildman–Crippen MR) is 208 cm³/mol. The number of aryl methyl sites for hydroxylation is 1. The lowest BCUT2D eigenvalue weighted by molar-refractivity contribution is -0.137. The zero-order valence-electron chi connectivity index (χ0n) is 31.2. The number of amides is 3. The van der Waals surface area contributed by atoms with Crippen LogP contribution < -0.4 is 20.5 Å². The van der Waals surface area contributed by atoms with E-state index in [0.717, 1.165) is 53.3 Å². The second-order valence-electron chi connectivity index (χ2n) is 15.6. The molecule has 4 fully saturated rings. The molecule has 2 aromatic carbocycles. The highest BCUT2D eigenvalue weighted by molar-refractivity contribution is 6.32. The Hall–Kier alpha value is -4.81. The molecule has 288 valence electrons. The number of benzene rings is 2. The van der Waals surface area contributed by atoms with Crippen LogP contribution in [0.3, 0.4) is 0 Å². The third kappa shape index (κ3) is 7.46. The molecule has 3 unspecified atom stereocenters. The van der Waals surface area contributed by atoms with Crippen LogP contribution in [0.2, 0.25) is 5.02 Å². The molecule has 1 N–H and O–H groups in total. The van der Waals surface area contributed by atoms with Gasteiger partial charge in [0.1, 0.15) is 11.6 Å². The van der Waals surface area contributed by atoms with Gasteiger partial charge in [0.15, 0.2) is 0 Å². The zero-order valence-corrected chi connectivity index (χ0v) is 32.0. The van der Waals surface area contributed by atoms with E-state index in [2.05, 4.69) is 20.1 Å². The molecule has 4 saturated heterocycles. The number of hydrogen-bond donors (Lipinski definition) is 1. The van der Waals surface area contributed by atoms with E-state index in [-0.39, 0.29) is 53.0 Å². The van der Waals surface area contributed by atoms with Crippen molar-refractivity contribution in [1.29, 1.82) is 0 Å². The van der Waals surface area contributed by atoms with Gasteiger partial charge in [0.25, 0.3) is 5.56 Å². The monoisotopic (exact) mass is 768 g/mol. The Kier molecular flexibility index (Phi) is 10.4. The maximum Gasteiger partial charge on any atom is 0.259 e. The Balaban J connectivity index is 0.868. The molecule has 6 heterocycles. The number of ether oxygens (including phenoxy) is 1. The van der Waals surface area contributed by atoms with Gasteiger partial charge in [0, 0.05) is 105 Å². The number of piperazine rings is 1. The average molecular weight is 769 g/mol. The number of nitrogens with zero attached hydrogens (tertiary/aromatic N) is 5. The summed E-state index contributed by atoms with van der Waals surface area (Å²) in [6.07, 6.45) is 10.5. The molecule has 4 aliphatic rings. The SMILES string of the molecule is COc1cc(-c2cn(C)c(=O)c3cnccc23)cc(Cl)c1CN1C2CCC1CN(C(=O)CC1CCN(c3ccc(CC4CCC(=O)NC4=O)cc3F)CC1)C2. The Labute approximate surface area is 324 Å². The van der Waals surface area contributed by atoms with E-state index in [1.54, 1.807) is 37.2 Å². The van der Waals surface area contributed by atoms with Crippen LogP contribution in [-0.4, -0.2) is 82.4 Å². The fourth-order valence-corrected chi connectivity index (χ4v) is 9.45. The van der Waals surface area contributed by atoms with E-state index < -0.39 is 0 Å². The van der Waals surface area contributed by atoms with Gasteiger partial charge in [-0.3, -0.25) is 34.4 Å². The maximum atomic E-state index is 15.3. The minimum absolute atomic E-state index is 0.110. The first-order chi connectivity index (χ1) is 26.6. The first kappa shape index (κ1) is 37.1. The highest BCUT2D eigenvalue weighted by atomic mass is 35.5. The largest absolute Gasteiger partial charge is 0.496 e. The number of fused-ring (bicyclic) bond motifs is 3. The fourth-order valence-electron chi connectivity index (χ4n) is 9.18. The van der Waals surface area contributed by atoms with Crippen LogP contribution in [0.25, 0.3) is 21.9 Å². The van der Waals surface area contributed by atoms with Gasteiger partial charge < -0.3 is 19.1 Å². The number of carbonyl (C=O) groups excluding carboxylic acids is 3. The first-order valence-corrected chi connectivity index (χ1v) is 19.6. The van der Waals surface area contributed by atoms with Crippen LogP contribution in [0.1, 0.15) is 56.1 Å². The molecule has 0 saturated carbocycles. The van der Waals surface area contributed by atoms with Crippen LogP contribution in [0.4, 0.5) is 10.1 Å². The maximum absolute atomic E-state index is 15.3. The Bertz CT molecular complexity index is 2210. The third-order valence-electron chi connectivity index (χ3n) is 12.3. The molecule has 0 radical (unpaired) electrons. The van der Waals surface area contributed by atoms with E-state index in [1.807, 2.05) is 35.4 Å². The number of carbonyl (C=O) groups is 3. The van der Waals surface area contributed by atoms with Gasteiger partial charge in [-0.15, -0.1) is 0 Å². The topological polar surface area (TPSA) is 117 Å². The normalized spacial score (nSPS) is 22.0. The summed E-state index contributed by atoms with van der Waals surface area (Å²) in [4.78, 5) is 60.8. The number of hydrogen-bond acceptors (Lipinski definition) is 8. The highest BCUT2D eigenvalue weighted by Crippen LogP contribution is 2.40. The van der Waals surface area contributed by atoms with Crippen molar-refractivity contribution in [2.45, 2.75) is 70.0 Å². The third-order valence-corrected chi connectivity index (χ3v) is 12.6. The molecule has 0 spiro atoms. The van der Waals surface area contributed by atoms with Crippen molar-refractivity contribution in [2.75, 3.05) is 38.2 Å². The molecule has 8 rings (SSSR count). The molecule has 3 atom stereocenters. The Morgan fingerprint density at radius 3 is 2.47 bits per heavy atom. The molecule has 2 bridgehead atoms. The molecule has 13 heteroatoms. The van der Waals surface area contributed by atoms with Crippen LogP contribution in [0, 0.1) is 17.7 Å². The molecular weight excluding hydrogens is 723 g/mol. The van der Waals surface area contributed by atoms with Crippen molar-refractivity contribution in [1.82, 2.24) is 24.7 Å². The van der Waals surface area contributed by atoms with Gasteiger partial charge in [-0.2, -0.15) is 0 Å². The van der Waals surface area contributed by atoms with E-state index in [4.69, 9.17) is 16.3 Å². The predicted octanol–water partition coefficient (Wildman–Crippen LogP) is 5.48. The number of nitrogens with one attached hydrogen (secondary N) is 1. The van der Waals surface area contributed by atoms with E-state index in [1.165, 1.54) is 6.07 Å². The van der Waals surface area contributed by atoms with E-state index in [0.29, 0.717) is 80.3 Å². The second-order valence-corrected chi connectivity index (χ2v) is 16.1. The summed E-state index contributed by atoms with van der Waals surface area (Å²) in [5.41, 5.74) is 3.82. The quantitative estimate of drug-likeness (QED) is 0.223. The first-order valence-electron chi connectivity index (χ1n) is 19.3. The summed E-state index contributed by atoms with van der Waals surface area (Å²) >= 11 is 7.02. The van der Waals surface area contributed by atoms with Crippen LogP contribution in [0.5, 0.6) is 5.75 Å². The minimum atomic E-state index is -0.325. The highest BCUT2D eigenvalue weighted by Gasteiger charge is 2.42. The number of aromatic nitrogens is 2. The van der Waals surface area contributed by atoms with Crippen molar-refractivity contribution in [2.24, 2.45) is 18.9 Å². The van der Waals surface area contributed by atoms with Gasteiger partial charge in [-0.05, 0) is 91.3 Å². The molecule has 2 aromatic heterocycles. The van der Waals surface area contributed by atoms with Crippen molar-refractivity contribution >= 4 is 45.8 Å². The van der Waals surface area contributed by atoms with Crippen LogP contribution >= 0.6 is 11.6 Å². The fraction of sp³-hybridized carbons (Fsp3) is 0.452. The van der Waals surface area contributed by atoms with Crippen LogP contribution in [0.15, 0.2) is 59.8 Å². The van der Waals surface area contributed by atoms with Gasteiger partial charge in [-0.25, -0.2) is 4.39 Å². The van der Waals surface area contributed by atoms with Crippen LogP contribution in [-0.2, 0) is 34.4 Å². The van der Waals surface area contributed by atoms with Crippen molar-refractivity contribution in [3.8, 4) is 16.9 Å². The molecule has 3 amide bonds. The summed E-state index contributed by atoms with van der Waals surface area (Å²) in [6, 6.07) is 11.4. The number of rotatable bonds is 9. The number of anilines is 1. The van der Waals surface area contributed by atoms with E-state index >= 15 is 4.39 Å². The molecule has 4 aliphatic heterocycles. The molecule has 11 nitrogen and oxygen atoms in total. The lowest BCUT2D eigenvalue weighted by Gasteiger charge is -2.42. The number of imide groups is 1. The Morgan fingerprint density at radius 2 is 1.76 bits per heavy atom. The molecule has 55 heavy (non-hydrogen) atoms. The minimum Gasteiger partial charge on any atom is -0.496 e. The summed E-state index contributed by atoms with van der Waals surface area (Å²) < 4.78 is 22.8. The summed E-state index contributed by atoms with van der Waals surface area (Å²) in [7, 11) is 3.38. The van der Waals surface area contributed by atoms with Gasteiger partial charge >= 0.3 is 0 Å². The van der Waals surface area contributed by atoms with Crippen molar-refractivity contribution < 1.29 is 23.5 Å². The molecule has 4 aromatic rings. The number of methoxy groups -OCH3 is 1. The van der Waals surface area contributed by atoms with E-state index in [9.17, 15) is 19.2 Å².